The van der Waals surface area contributed by atoms with Gasteiger partial charge in [0.1, 0.15) is 0 Å². The number of aromatic nitrogens is 2. The van der Waals surface area contributed by atoms with Crippen LogP contribution in [0.2, 0.25) is 0 Å². The molecule has 0 unspecified atom stereocenters. The molecule has 0 bridgehead atoms. The number of nitrogens with one attached hydrogen (secondary N) is 1. The minimum atomic E-state index is 0.226. The summed E-state index contributed by atoms with van der Waals surface area (Å²) in [5.41, 5.74) is 4.17. The van der Waals surface area contributed by atoms with Gasteiger partial charge in [-0.15, -0.1) is 0 Å². The van der Waals surface area contributed by atoms with Crippen molar-refractivity contribution in [1.29, 1.82) is 0 Å². The minimum Gasteiger partial charge on any atom is -0.317 e. The van der Waals surface area contributed by atoms with E-state index in [2.05, 4.69) is 53.0 Å². The van der Waals surface area contributed by atoms with E-state index in [-0.39, 0.29) is 5.41 Å². The van der Waals surface area contributed by atoms with E-state index in [4.69, 9.17) is 0 Å². The molecule has 1 saturated heterocycles. The lowest BCUT2D eigenvalue weighted by Crippen LogP contribution is -2.38. The van der Waals surface area contributed by atoms with Gasteiger partial charge in [0, 0.05) is 23.0 Å². The largest absolute Gasteiger partial charge is 0.317 e. The van der Waals surface area contributed by atoms with Gasteiger partial charge in [0.2, 0.25) is 0 Å². The zero-order valence-electron chi connectivity index (χ0n) is 12.4. The van der Waals surface area contributed by atoms with Gasteiger partial charge in [-0.2, -0.15) is 0 Å². The molecule has 1 aromatic carbocycles. The highest BCUT2D eigenvalue weighted by Crippen LogP contribution is 2.33. The summed E-state index contributed by atoms with van der Waals surface area (Å²) in [4.78, 5) is 4.42. The lowest BCUT2D eigenvalue weighted by Gasteiger charge is -2.34. The Morgan fingerprint density at radius 1 is 1.30 bits per heavy atom. The van der Waals surface area contributed by atoms with E-state index in [0.717, 1.165) is 19.5 Å². The normalized spacial score (nSPS) is 18.1. The molecule has 3 nitrogen and oxygen atoms in total. The third-order valence-electron chi connectivity index (χ3n) is 4.56. The Hall–Kier alpha value is -1.61. The van der Waals surface area contributed by atoms with Gasteiger partial charge >= 0.3 is 0 Å². The molecule has 3 rings (SSSR count). The molecule has 0 amide bonds. The Kier molecular flexibility index (Phi) is 3.62. The summed E-state index contributed by atoms with van der Waals surface area (Å²) in [5.74, 6) is 0. The number of hydrogen-bond acceptors (Lipinski definition) is 2. The summed E-state index contributed by atoms with van der Waals surface area (Å²) >= 11 is 0. The van der Waals surface area contributed by atoms with Crippen LogP contribution in [0.4, 0.5) is 0 Å². The predicted molar refractivity (Wildman–Crippen MR) is 82.4 cm³/mol. The van der Waals surface area contributed by atoms with Gasteiger partial charge in [0.05, 0.1) is 6.33 Å². The smallest absolute Gasteiger partial charge is 0.0994 e. The van der Waals surface area contributed by atoms with E-state index < -0.39 is 0 Å². The van der Waals surface area contributed by atoms with Gasteiger partial charge in [-0.1, -0.05) is 26.0 Å². The molecule has 20 heavy (non-hydrogen) atoms. The molecule has 1 aliphatic rings. The van der Waals surface area contributed by atoms with E-state index in [9.17, 15) is 0 Å². The third-order valence-corrected chi connectivity index (χ3v) is 4.56. The molecule has 0 aliphatic carbocycles. The van der Waals surface area contributed by atoms with E-state index in [1.807, 2.05) is 12.5 Å². The van der Waals surface area contributed by atoms with Crippen molar-refractivity contribution in [1.82, 2.24) is 14.9 Å². The molecule has 2 heterocycles. The van der Waals surface area contributed by atoms with Crippen molar-refractivity contribution in [2.75, 3.05) is 13.1 Å². The first kappa shape index (κ1) is 13.4. The van der Waals surface area contributed by atoms with Crippen molar-refractivity contribution in [3.63, 3.8) is 0 Å². The maximum atomic E-state index is 4.42. The molecular formula is C17H23N3. The predicted octanol–water partition coefficient (Wildman–Crippen LogP) is 3.08. The standard InChI is InChI=1S/C17H23N3/c1-3-14-5-4-6-15(11-14)20-13-19-12-16(20)17(2)7-9-18-10-8-17/h4-6,11-13,18H,3,7-10H2,1-2H3. The first-order valence-corrected chi connectivity index (χ1v) is 7.56. The molecule has 1 N–H and O–H groups in total. The van der Waals surface area contributed by atoms with Crippen molar-refractivity contribution >= 4 is 0 Å². The van der Waals surface area contributed by atoms with Crippen LogP contribution in [0.1, 0.15) is 37.9 Å². The van der Waals surface area contributed by atoms with E-state index in [1.165, 1.54) is 29.8 Å². The average molecular weight is 269 g/mol. The lowest BCUT2D eigenvalue weighted by atomic mass is 9.78. The number of hydrogen-bond donors (Lipinski definition) is 1. The summed E-state index contributed by atoms with van der Waals surface area (Å²) in [5, 5.41) is 3.45. The van der Waals surface area contributed by atoms with Crippen LogP contribution < -0.4 is 5.32 Å². The molecule has 1 aromatic heterocycles. The van der Waals surface area contributed by atoms with Crippen molar-refractivity contribution in [3.8, 4) is 5.69 Å². The number of aryl methyl sites for hydroxylation is 1. The monoisotopic (exact) mass is 269 g/mol. The van der Waals surface area contributed by atoms with Crippen LogP contribution in [0.5, 0.6) is 0 Å². The Balaban J connectivity index is 2.01. The first-order chi connectivity index (χ1) is 9.73. The fourth-order valence-electron chi connectivity index (χ4n) is 3.11. The first-order valence-electron chi connectivity index (χ1n) is 7.56. The van der Waals surface area contributed by atoms with Crippen molar-refractivity contribution in [2.24, 2.45) is 0 Å². The Morgan fingerprint density at radius 2 is 2.10 bits per heavy atom. The SMILES string of the molecule is CCc1cccc(-n2cncc2C2(C)CCNCC2)c1. The van der Waals surface area contributed by atoms with Crippen molar-refractivity contribution < 1.29 is 0 Å². The van der Waals surface area contributed by atoms with Crippen LogP contribution in [0.3, 0.4) is 0 Å². The zero-order chi connectivity index (χ0) is 14.0. The second-order valence-electron chi connectivity index (χ2n) is 5.98. The third kappa shape index (κ3) is 2.38. The van der Waals surface area contributed by atoms with E-state index in [0.29, 0.717) is 0 Å². The number of piperidine rings is 1. The quantitative estimate of drug-likeness (QED) is 0.928. The molecule has 3 heteroatoms. The maximum absolute atomic E-state index is 4.42. The number of nitrogens with zero attached hydrogens (tertiary/aromatic N) is 2. The molecule has 0 atom stereocenters. The molecule has 0 spiro atoms. The highest BCUT2D eigenvalue weighted by Gasteiger charge is 2.31. The van der Waals surface area contributed by atoms with Gasteiger partial charge in [0.25, 0.3) is 0 Å². The molecular weight excluding hydrogens is 246 g/mol. The second kappa shape index (κ2) is 5.41. The Labute approximate surface area is 121 Å². The molecule has 0 radical (unpaired) electrons. The van der Waals surface area contributed by atoms with Gasteiger partial charge < -0.3 is 9.88 Å². The molecule has 1 fully saturated rings. The maximum Gasteiger partial charge on any atom is 0.0994 e. The van der Waals surface area contributed by atoms with Crippen LogP contribution in [-0.4, -0.2) is 22.6 Å². The fraction of sp³-hybridized carbons (Fsp3) is 0.471. The fourth-order valence-corrected chi connectivity index (χ4v) is 3.11. The number of rotatable bonds is 3. The Morgan fingerprint density at radius 3 is 2.85 bits per heavy atom. The average Bonchev–Trinajstić information content (AvgIpc) is 2.98. The van der Waals surface area contributed by atoms with Gasteiger partial charge in [-0.25, -0.2) is 4.98 Å². The molecule has 0 saturated carbocycles. The molecule has 1 aliphatic heterocycles. The summed E-state index contributed by atoms with van der Waals surface area (Å²) < 4.78 is 2.27. The van der Waals surface area contributed by atoms with Gasteiger partial charge in [0.15, 0.2) is 0 Å². The minimum absolute atomic E-state index is 0.226. The van der Waals surface area contributed by atoms with Crippen LogP contribution in [0, 0.1) is 0 Å². The Bertz CT molecular complexity index is 579. The highest BCUT2D eigenvalue weighted by molar-refractivity contribution is 5.39. The van der Waals surface area contributed by atoms with E-state index >= 15 is 0 Å². The van der Waals surface area contributed by atoms with Crippen molar-refractivity contribution in [2.45, 2.75) is 38.5 Å². The van der Waals surface area contributed by atoms with E-state index in [1.54, 1.807) is 0 Å². The lowest BCUT2D eigenvalue weighted by molar-refractivity contribution is 0.324. The van der Waals surface area contributed by atoms with Crippen LogP contribution in [0.15, 0.2) is 36.8 Å². The van der Waals surface area contributed by atoms with Gasteiger partial charge in [-0.3, -0.25) is 0 Å². The summed E-state index contributed by atoms with van der Waals surface area (Å²) in [6, 6.07) is 8.78. The summed E-state index contributed by atoms with van der Waals surface area (Å²) in [6.45, 7) is 6.75. The summed E-state index contributed by atoms with van der Waals surface area (Å²) in [7, 11) is 0. The second-order valence-corrected chi connectivity index (χ2v) is 5.98. The van der Waals surface area contributed by atoms with Crippen LogP contribution in [-0.2, 0) is 11.8 Å². The topological polar surface area (TPSA) is 29.9 Å². The highest BCUT2D eigenvalue weighted by atomic mass is 15.1. The van der Waals surface area contributed by atoms with Crippen LogP contribution in [0.25, 0.3) is 5.69 Å². The van der Waals surface area contributed by atoms with Crippen molar-refractivity contribution in [3.05, 3.63) is 48.0 Å². The van der Waals surface area contributed by atoms with Crippen LogP contribution >= 0.6 is 0 Å². The summed E-state index contributed by atoms with van der Waals surface area (Å²) in [6.07, 6.45) is 7.42. The van der Waals surface area contributed by atoms with Gasteiger partial charge in [-0.05, 0) is 50.0 Å². The molecule has 2 aromatic rings. The molecule has 106 valence electrons. The number of imidazole rings is 1. The number of benzene rings is 1. The zero-order valence-corrected chi connectivity index (χ0v) is 12.4.